The molecule has 9 heteroatoms. The maximum Gasteiger partial charge on any atom is 0.446 e. The third kappa shape index (κ3) is 5.71. The lowest BCUT2D eigenvalue weighted by molar-refractivity contribution is -0.0328. The quantitative estimate of drug-likeness (QED) is 0.611. The molecule has 0 heterocycles. The number of aliphatic hydroxyl groups excluding tert-OH is 1. The number of nitrogens with one attached hydrogen (secondary N) is 1. The van der Waals surface area contributed by atoms with Crippen molar-refractivity contribution in [2.24, 2.45) is 0 Å². The van der Waals surface area contributed by atoms with Gasteiger partial charge in [0.2, 0.25) is 0 Å². The molecule has 1 atom stereocenters. The largest absolute Gasteiger partial charge is 0.446 e. The van der Waals surface area contributed by atoms with Crippen molar-refractivity contribution in [3.8, 4) is 0 Å². The van der Waals surface area contributed by atoms with Crippen LogP contribution in [0.2, 0.25) is 0 Å². The smallest absolute Gasteiger partial charge is 0.386 e. The lowest BCUT2D eigenvalue weighted by atomic mass is 10.1. The summed E-state index contributed by atoms with van der Waals surface area (Å²) in [6.07, 6.45) is -1.40. The number of benzene rings is 2. The van der Waals surface area contributed by atoms with Gasteiger partial charge in [0.05, 0.1) is 6.10 Å². The molecule has 0 aliphatic carbocycles. The maximum absolute atomic E-state index is 13.5. The van der Waals surface area contributed by atoms with Crippen LogP contribution >= 0.6 is 11.8 Å². The number of thioether (sulfide) groups is 1. The average Bonchev–Trinajstić information content (AvgIpc) is 2.51. The molecule has 1 amide bonds. The van der Waals surface area contributed by atoms with Gasteiger partial charge in [0.1, 0.15) is 11.6 Å². The zero-order valence-corrected chi connectivity index (χ0v) is 13.3. The van der Waals surface area contributed by atoms with Gasteiger partial charge in [-0.2, -0.15) is 13.2 Å². The number of aliphatic hydroxyl groups is 1. The summed E-state index contributed by atoms with van der Waals surface area (Å²) in [5, 5.41) is 12.2. The topological polar surface area (TPSA) is 49.3 Å². The van der Waals surface area contributed by atoms with E-state index in [0.29, 0.717) is 6.07 Å². The van der Waals surface area contributed by atoms with Gasteiger partial charge in [-0.25, -0.2) is 8.78 Å². The summed E-state index contributed by atoms with van der Waals surface area (Å²) in [6, 6.07) is 7.33. The Bertz CT molecular complexity index is 749. The molecule has 2 aromatic carbocycles. The van der Waals surface area contributed by atoms with Crippen molar-refractivity contribution in [2.45, 2.75) is 16.5 Å². The highest BCUT2D eigenvalue weighted by Gasteiger charge is 2.29. The van der Waals surface area contributed by atoms with Gasteiger partial charge in [0, 0.05) is 28.6 Å². The second kappa shape index (κ2) is 7.83. The Morgan fingerprint density at radius 2 is 1.76 bits per heavy atom. The number of hydrogen-bond donors (Lipinski definition) is 2. The average molecular weight is 377 g/mol. The van der Waals surface area contributed by atoms with Crippen molar-refractivity contribution < 1.29 is 31.9 Å². The molecule has 2 rings (SSSR count). The minimum Gasteiger partial charge on any atom is -0.386 e. The Balaban J connectivity index is 1.95. The molecule has 0 aliphatic rings. The van der Waals surface area contributed by atoms with E-state index >= 15 is 0 Å². The Hall–Kier alpha value is -2.13. The van der Waals surface area contributed by atoms with Gasteiger partial charge in [0.25, 0.3) is 5.91 Å². The van der Waals surface area contributed by atoms with Crippen LogP contribution in [0.25, 0.3) is 0 Å². The predicted molar refractivity (Wildman–Crippen MR) is 82.0 cm³/mol. The van der Waals surface area contributed by atoms with Crippen LogP contribution in [0, 0.1) is 11.6 Å². The second-order valence-corrected chi connectivity index (χ2v) is 6.10. The SMILES string of the molecule is O=C(NCC(O)c1ccc(F)cc1F)c1ccc(SC(F)(F)F)cc1. The van der Waals surface area contributed by atoms with Crippen molar-refractivity contribution in [3.05, 3.63) is 65.2 Å². The molecule has 3 nitrogen and oxygen atoms in total. The van der Waals surface area contributed by atoms with E-state index in [-0.39, 0.29) is 34.3 Å². The Morgan fingerprint density at radius 3 is 2.32 bits per heavy atom. The lowest BCUT2D eigenvalue weighted by Crippen LogP contribution is -2.28. The number of rotatable bonds is 5. The van der Waals surface area contributed by atoms with Crippen LogP contribution in [0.15, 0.2) is 47.4 Å². The van der Waals surface area contributed by atoms with Crippen molar-refractivity contribution in [3.63, 3.8) is 0 Å². The third-order valence-electron chi connectivity index (χ3n) is 3.13. The second-order valence-electron chi connectivity index (χ2n) is 4.96. The van der Waals surface area contributed by atoms with E-state index in [1.807, 2.05) is 0 Å². The zero-order chi connectivity index (χ0) is 18.6. The van der Waals surface area contributed by atoms with E-state index in [0.717, 1.165) is 24.3 Å². The summed E-state index contributed by atoms with van der Waals surface area (Å²) in [6.45, 7) is -0.347. The molecule has 0 spiro atoms. The van der Waals surface area contributed by atoms with Gasteiger partial charge < -0.3 is 10.4 Å². The molecule has 0 saturated heterocycles. The number of halogens is 5. The predicted octanol–water partition coefficient (Wildman–Crippen LogP) is 4.04. The molecule has 1 unspecified atom stereocenters. The van der Waals surface area contributed by atoms with Gasteiger partial charge in [-0.3, -0.25) is 4.79 Å². The van der Waals surface area contributed by atoms with Crippen LogP contribution in [-0.2, 0) is 0 Å². The molecule has 2 N–H and O–H groups in total. The zero-order valence-electron chi connectivity index (χ0n) is 12.5. The molecule has 0 aromatic heterocycles. The molecule has 0 saturated carbocycles. The summed E-state index contributed by atoms with van der Waals surface area (Å²) >= 11 is -0.305. The molecular formula is C16H12F5NO2S. The summed E-state index contributed by atoms with van der Waals surface area (Å²) < 4.78 is 63.0. The number of carbonyl (C=O) groups excluding carboxylic acids is 1. The van der Waals surface area contributed by atoms with Crippen molar-refractivity contribution in [1.29, 1.82) is 0 Å². The third-order valence-corrected chi connectivity index (χ3v) is 3.87. The Kier molecular flexibility index (Phi) is 6.02. The van der Waals surface area contributed by atoms with E-state index in [2.05, 4.69) is 5.32 Å². The maximum atomic E-state index is 13.5. The van der Waals surface area contributed by atoms with Crippen LogP contribution in [0.5, 0.6) is 0 Å². The number of alkyl halides is 3. The van der Waals surface area contributed by atoms with Crippen LogP contribution in [0.1, 0.15) is 22.0 Å². The molecule has 2 aromatic rings. The summed E-state index contributed by atoms with van der Waals surface area (Å²) in [5.74, 6) is -2.39. The molecule has 0 bridgehead atoms. The van der Waals surface area contributed by atoms with Crippen LogP contribution < -0.4 is 5.32 Å². The number of amides is 1. The summed E-state index contributed by atoms with van der Waals surface area (Å²) in [4.78, 5) is 11.8. The van der Waals surface area contributed by atoms with Crippen molar-refractivity contribution in [2.75, 3.05) is 6.54 Å². The first-order chi connectivity index (χ1) is 11.7. The monoisotopic (exact) mass is 377 g/mol. The minimum absolute atomic E-state index is 0.0718. The van der Waals surface area contributed by atoms with Gasteiger partial charge in [-0.05, 0) is 42.1 Å². The molecule has 134 valence electrons. The molecule has 0 fully saturated rings. The van der Waals surface area contributed by atoms with E-state index < -0.39 is 29.2 Å². The first kappa shape index (κ1) is 19.2. The Labute approximate surface area is 143 Å². The summed E-state index contributed by atoms with van der Waals surface area (Å²) in [7, 11) is 0. The van der Waals surface area contributed by atoms with Gasteiger partial charge >= 0.3 is 5.51 Å². The number of carbonyl (C=O) groups is 1. The highest BCUT2D eigenvalue weighted by molar-refractivity contribution is 8.00. The molecule has 0 radical (unpaired) electrons. The van der Waals surface area contributed by atoms with Crippen LogP contribution in [0.3, 0.4) is 0 Å². The first-order valence-electron chi connectivity index (χ1n) is 6.93. The fourth-order valence-corrected chi connectivity index (χ4v) is 2.52. The van der Waals surface area contributed by atoms with Gasteiger partial charge in [0.15, 0.2) is 0 Å². The normalized spacial score (nSPS) is 12.7. The summed E-state index contributed by atoms with van der Waals surface area (Å²) in [5.41, 5.74) is -4.52. The van der Waals surface area contributed by atoms with Crippen LogP contribution in [0.4, 0.5) is 22.0 Å². The molecular weight excluding hydrogens is 365 g/mol. The van der Waals surface area contributed by atoms with Gasteiger partial charge in [-0.15, -0.1) is 0 Å². The molecule has 0 aliphatic heterocycles. The first-order valence-corrected chi connectivity index (χ1v) is 7.74. The highest BCUT2D eigenvalue weighted by atomic mass is 32.2. The number of hydrogen-bond acceptors (Lipinski definition) is 3. The fraction of sp³-hybridized carbons (Fsp3) is 0.188. The Morgan fingerprint density at radius 1 is 1.12 bits per heavy atom. The van der Waals surface area contributed by atoms with E-state index in [9.17, 15) is 31.9 Å². The van der Waals surface area contributed by atoms with E-state index in [4.69, 9.17) is 0 Å². The fourth-order valence-electron chi connectivity index (χ4n) is 1.98. The van der Waals surface area contributed by atoms with E-state index in [1.54, 1.807) is 0 Å². The standard InChI is InChI=1S/C16H12F5NO2S/c17-10-3-6-12(13(18)7-10)14(23)8-22-15(24)9-1-4-11(5-2-9)25-16(19,20)21/h1-7,14,23H,8H2,(H,22,24). The van der Waals surface area contributed by atoms with Crippen LogP contribution in [-0.4, -0.2) is 23.1 Å². The van der Waals surface area contributed by atoms with E-state index in [1.165, 1.54) is 12.1 Å². The lowest BCUT2D eigenvalue weighted by Gasteiger charge is -2.13. The molecule has 25 heavy (non-hydrogen) atoms. The van der Waals surface area contributed by atoms with Crippen molar-refractivity contribution in [1.82, 2.24) is 5.32 Å². The highest BCUT2D eigenvalue weighted by Crippen LogP contribution is 2.36. The van der Waals surface area contributed by atoms with Crippen molar-refractivity contribution >= 4 is 17.7 Å². The van der Waals surface area contributed by atoms with Gasteiger partial charge in [-0.1, -0.05) is 6.07 Å². The minimum atomic E-state index is -4.42.